The molecule has 0 aliphatic heterocycles. The molecule has 1 unspecified atom stereocenters. The van der Waals surface area contributed by atoms with E-state index in [9.17, 15) is 4.79 Å². The number of aromatic nitrogens is 1. The molecular weight excluding hydrogens is 234 g/mol. The highest BCUT2D eigenvalue weighted by Crippen LogP contribution is 2.17. The lowest BCUT2D eigenvalue weighted by Gasteiger charge is -2.13. The zero-order chi connectivity index (χ0) is 12.3. The van der Waals surface area contributed by atoms with Gasteiger partial charge in [-0.05, 0) is 35.4 Å². The van der Waals surface area contributed by atoms with E-state index in [1.165, 1.54) is 6.20 Å². The Morgan fingerprint density at radius 2 is 2.35 bits per heavy atom. The van der Waals surface area contributed by atoms with Crippen LogP contribution in [0.3, 0.4) is 0 Å². The maximum atomic E-state index is 11.9. The maximum absolute atomic E-state index is 11.9. The predicted molar refractivity (Wildman–Crippen MR) is 68.8 cm³/mol. The first-order valence-electron chi connectivity index (χ1n) is 5.21. The molecule has 3 N–H and O–H groups in total. The first kappa shape index (κ1) is 11.6. The van der Waals surface area contributed by atoms with Crippen LogP contribution in [0.4, 0.5) is 5.69 Å². The molecule has 1 atom stereocenters. The van der Waals surface area contributed by atoms with Gasteiger partial charge in [-0.1, -0.05) is 0 Å². The van der Waals surface area contributed by atoms with E-state index in [2.05, 4.69) is 10.3 Å². The average molecular weight is 247 g/mol. The van der Waals surface area contributed by atoms with Crippen molar-refractivity contribution < 1.29 is 4.79 Å². The van der Waals surface area contributed by atoms with E-state index in [1.54, 1.807) is 23.6 Å². The summed E-state index contributed by atoms with van der Waals surface area (Å²) in [6.07, 6.45) is 3.04. The Balaban J connectivity index is 2.10. The monoisotopic (exact) mass is 247 g/mol. The number of hydrogen-bond acceptors (Lipinski definition) is 4. The van der Waals surface area contributed by atoms with Crippen molar-refractivity contribution in [2.45, 2.75) is 13.0 Å². The SMILES string of the molecule is CC(NC(=O)c1cnccc1N)c1ccsc1. The quantitative estimate of drug-likeness (QED) is 0.873. The fraction of sp³-hybridized carbons (Fsp3) is 0.167. The zero-order valence-electron chi connectivity index (χ0n) is 9.38. The second-order valence-corrected chi connectivity index (χ2v) is 4.49. The summed E-state index contributed by atoms with van der Waals surface area (Å²) in [5.41, 5.74) is 7.66. The van der Waals surface area contributed by atoms with Crippen molar-refractivity contribution in [2.24, 2.45) is 0 Å². The third kappa shape index (κ3) is 2.62. The van der Waals surface area contributed by atoms with E-state index in [1.807, 2.05) is 23.8 Å². The van der Waals surface area contributed by atoms with Crippen LogP contribution in [-0.4, -0.2) is 10.9 Å². The fourth-order valence-electron chi connectivity index (χ4n) is 1.47. The van der Waals surface area contributed by atoms with E-state index in [0.717, 1.165) is 5.56 Å². The molecule has 1 amide bonds. The molecule has 0 saturated carbocycles. The average Bonchev–Trinajstić information content (AvgIpc) is 2.82. The Morgan fingerprint density at radius 3 is 3.00 bits per heavy atom. The Labute approximate surface area is 103 Å². The number of nitrogen functional groups attached to an aromatic ring is 1. The number of pyridine rings is 1. The number of hydrogen-bond donors (Lipinski definition) is 2. The van der Waals surface area contributed by atoms with Crippen LogP contribution in [0.25, 0.3) is 0 Å². The normalized spacial score (nSPS) is 12.1. The molecule has 0 saturated heterocycles. The van der Waals surface area contributed by atoms with E-state index in [0.29, 0.717) is 11.3 Å². The Hall–Kier alpha value is -1.88. The molecule has 2 heterocycles. The molecule has 2 aromatic rings. The molecule has 0 spiro atoms. The maximum Gasteiger partial charge on any atom is 0.255 e. The van der Waals surface area contributed by atoms with Crippen molar-refractivity contribution in [3.8, 4) is 0 Å². The van der Waals surface area contributed by atoms with Gasteiger partial charge in [0.15, 0.2) is 0 Å². The topological polar surface area (TPSA) is 68.0 Å². The molecule has 0 fully saturated rings. The summed E-state index contributed by atoms with van der Waals surface area (Å²) in [7, 11) is 0. The van der Waals surface area contributed by atoms with Crippen molar-refractivity contribution >= 4 is 22.9 Å². The molecule has 4 nitrogen and oxygen atoms in total. The summed E-state index contributed by atoms with van der Waals surface area (Å²) >= 11 is 1.61. The van der Waals surface area contributed by atoms with E-state index in [-0.39, 0.29) is 11.9 Å². The lowest BCUT2D eigenvalue weighted by molar-refractivity contribution is 0.0940. The lowest BCUT2D eigenvalue weighted by Crippen LogP contribution is -2.27. The van der Waals surface area contributed by atoms with Gasteiger partial charge in [-0.2, -0.15) is 11.3 Å². The van der Waals surface area contributed by atoms with Gasteiger partial charge in [-0.15, -0.1) is 0 Å². The van der Waals surface area contributed by atoms with Gasteiger partial charge >= 0.3 is 0 Å². The molecule has 0 aromatic carbocycles. The summed E-state index contributed by atoms with van der Waals surface area (Å²) in [5.74, 6) is -0.200. The number of carbonyl (C=O) groups excluding carboxylic acids is 1. The van der Waals surface area contributed by atoms with Gasteiger partial charge in [0, 0.05) is 18.1 Å². The molecule has 2 aromatic heterocycles. The van der Waals surface area contributed by atoms with Gasteiger partial charge in [0.05, 0.1) is 11.6 Å². The van der Waals surface area contributed by atoms with Crippen molar-refractivity contribution in [3.63, 3.8) is 0 Å². The van der Waals surface area contributed by atoms with Crippen LogP contribution in [0.15, 0.2) is 35.3 Å². The Kier molecular flexibility index (Phi) is 3.39. The van der Waals surface area contributed by atoms with Crippen LogP contribution in [0.1, 0.15) is 28.9 Å². The minimum absolute atomic E-state index is 0.0339. The summed E-state index contributed by atoms with van der Waals surface area (Å²) in [5, 5.41) is 6.88. The third-order valence-electron chi connectivity index (χ3n) is 2.49. The van der Waals surface area contributed by atoms with Crippen LogP contribution in [-0.2, 0) is 0 Å². The third-order valence-corrected chi connectivity index (χ3v) is 3.19. The van der Waals surface area contributed by atoms with Gasteiger partial charge < -0.3 is 11.1 Å². The minimum Gasteiger partial charge on any atom is -0.398 e. The van der Waals surface area contributed by atoms with Gasteiger partial charge in [0.2, 0.25) is 0 Å². The Bertz CT molecular complexity index is 510. The standard InChI is InChI=1S/C12H13N3OS/c1-8(9-3-5-17-7-9)15-12(16)10-6-14-4-2-11(10)13/h2-8H,1H3,(H2,13,14)(H,15,16). The van der Waals surface area contributed by atoms with Gasteiger partial charge in [-0.3, -0.25) is 9.78 Å². The number of nitrogens with one attached hydrogen (secondary N) is 1. The van der Waals surface area contributed by atoms with Gasteiger partial charge in [0.25, 0.3) is 5.91 Å². The Morgan fingerprint density at radius 1 is 1.53 bits per heavy atom. The minimum atomic E-state index is -0.200. The number of nitrogens with zero attached hydrogens (tertiary/aromatic N) is 1. The van der Waals surface area contributed by atoms with Gasteiger partial charge in [-0.25, -0.2) is 0 Å². The number of carbonyl (C=O) groups is 1. The molecule has 0 bridgehead atoms. The molecule has 0 aliphatic rings. The van der Waals surface area contributed by atoms with Crippen LogP contribution >= 0.6 is 11.3 Å². The van der Waals surface area contributed by atoms with Crippen LogP contribution in [0.2, 0.25) is 0 Å². The fourth-order valence-corrected chi connectivity index (χ4v) is 2.23. The van der Waals surface area contributed by atoms with Crippen molar-refractivity contribution in [3.05, 3.63) is 46.4 Å². The number of thiophene rings is 1. The highest BCUT2D eigenvalue weighted by molar-refractivity contribution is 7.07. The highest BCUT2D eigenvalue weighted by atomic mass is 32.1. The smallest absolute Gasteiger partial charge is 0.255 e. The molecule has 2 rings (SSSR count). The van der Waals surface area contributed by atoms with Gasteiger partial charge in [0.1, 0.15) is 0 Å². The van der Waals surface area contributed by atoms with E-state index in [4.69, 9.17) is 5.73 Å². The van der Waals surface area contributed by atoms with Crippen LogP contribution < -0.4 is 11.1 Å². The molecule has 5 heteroatoms. The van der Waals surface area contributed by atoms with E-state index >= 15 is 0 Å². The molecule has 17 heavy (non-hydrogen) atoms. The van der Waals surface area contributed by atoms with Crippen LogP contribution in [0, 0.1) is 0 Å². The second kappa shape index (κ2) is 4.97. The van der Waals surface area contributed by atoms with Crippen molar-refractivity contribution in [2.75, 3.05) is 5.73 Å². The molecule has 0 radical (unpaired) electrons. The first-order valence-corrected chi connectivity index (χ1v) is 6.15. The largest absolute Gasteiger partial charge is 0.398 e. The summed E-state index contributed by atoms with van der Waals surface area (Å²) < 4.78 is 0. The molecule has 88 valence electrons. The number of rotatable bonds is 3. The van der Waals surface area contributed by atoms with E-state index < -0.39 is 0 Å². The molecule has 0 aliphatic carbocycles. The summed E-state index contributed by atoms with van der Waals surface area (Å²) in [4.78, 5) is 15.8. The number of amides is 1. The number of nitrogens with two attached hydrogens (primary N) is 1. The molecular formula is C12H13N3OS. The van der Waals surface area contributed by atoms with Crippen molar-refractivity contribution in [1.29, 1.82) is 0 Å². The zero-order valence-corrected chi connectivity index (χ0v) is 10.2. The predicted octanol–water partition coefficient (Wildman–Crippen LogP) is 2.22. The lowest BCUT2D eigenvalue weighted by atomic mass is 10.1. The van der Waals surface area contributed by atoms with Crippen LogP contribution in [0.5, 0.6) is 0 Å². The van der Waals surface area contributed by atoms with Crippen molar-refractivity contribution in [1.82, 2.24) is 10.3 Å². The highest BCUT2D eigenvalue weighted by Gasteiger charge is 2.13. The number of anilines is 1. The first-order chi connectivity index (χ1) is 8.18. The summed E-state index contributed by atoms with van der Waals surface area (Å²) in [6, 6.07) is 3.57. The summed E-state index contributed by atoms with van der Waals surface area (Å²) in [6.45, 7) is 1.94. The second-order valence-electron chi connectivity index (χ2n) is 3.71.